The second-order valence-electron chi connectivity index (χ2n) is 4.65. The molecule has 2 rings (SSSR count). The van der Waals surface area contributed by atoms with Gasteiger partial charge in [-0.1, -0.05) is 30.3 Å². The summed E-state index contributed by atoms with van der Waals surface area (Å²) in [7, 11) is 0. The van der Waals surface area contributed by atoms with Gasteiger partial charge >= 0.3 is 5.97 Å². The quantitative estimate of drug-likeness (QED) is 0.672. The molecule has 2 heterocycles. The highest BCUT2D eigenvalue weighted by Crippen LogP contribution is 2.27. The lowest BCUT2D eigenvalue weighted by atomic mass is 9.87. The number of halogens is 1. The van der Waals surface area contributed by atoms with E-state index in [0.29, 0.717) is 18.2 Å². The van der Waals surface area contributed by atoms with E-state index in [0.717, 1.165) is 0 Å². The fourth-order valence-corrected chi connectivity index (χ4v) is 2.46. The van der Waals surface area contributed by atoms with Gasteiger partial charge in [0.1, 0.15) is 0 Å². The van der Waals surface area contributed by atoms with E-state index in [1.807, 2.05) is 6.26 Å². The van der Waals surface area contributed by atoms with Crippen molar-refractivity contribution in [3.8, 4) is 0 Å². The van der Waals surface area contributed by atoms with Gasteiger partial charge in [-0.05, 0) is 6.26 Å². The monoisotopic (exact) mass is 315 g/mol. The predicted molar refractivity (Wildman–Crippen MR) is 75.0 cm³/mol. The molecule has 1 aliphatic heterocycles. The zero-order chi connectivity index (χ0) is 14.9. The number of carbonyl (C=O) groups is 2. The van der Waals surface area contributed by atoms with Crippen LogP contribution in [0.3, 0.4) is 0 Å². The van der Waals surface area contributed by atoms with Crippen LogP contribution in [0.5, 0.6) is 0 Å². The SMILES string of the molecule is CSc1ncc(Cl)c(C(=O)N2CC(C(C)C(=O)O)C2)n1. The zero-order valence-electron chi connectivity index (χ0n) is 11.0. The Morgan fingerprint density at radius 2 is 2.20 bits per heavy atom. The average molecular weight is 316 g/mol. The molecule has 0 radical (unpaired) electrons. The van der Waals surface area contributed by atoms with Gasteiger partial charge in [-0.3, -0.25) is 9.59 Å². The number of aromatic nitrogens is 2. The molecule has 6 nitrogen and oxygen atoms in total. The highest BCUT2D eigenvalue weighted by Gasteiger charge is 2.38. The molecule has 1 aromatic heterocycles. The van der Waals surface area contributed by atoms with Gasteiger partial charge < -0.3 is 10.0 Å². The Balaban J connectivity index is 2.06. The number of rotatable bonds is 4. The van der Waals surface area contributed by atoms with Crippen molar-refractivity contribution in [2.45, 2.75) is 12.1 Å². The lowest BCUT2D eigenvalue weighted by Gasteiger charge is -2.41. The Morgan fingerprint density at radius 1 is 1.55 bits per heavy atom. The molecule has 20 heavy (non-hydrogen) atoms. The number of likely N-dealkylation sites (tertiary alicyclic amines) is 1. The third-order valence-corrected chi connectivity index (χ3v) is 4.24. The van der Waals surface area contributed by atoms with Gasteiger partial charge in [0, 0.05) is 19.0 Å². The van der Waals surface area contributed by atoms with E-state index in [2.05, 4.69) is 9.97 Å². The summed E-state index contributed by atoms with van der Waals surface area (Å²) in [4.78, 5) is 32.8. The van der Waals surface area contributed by atoms with E-state index < -0.39 is 11.9 Å². The third kappa shape index (κ3) is 2.88. The van der Waals surface area contributed by atoms with Crippen LogP contribution in [0.2, 0.25) is 5.02 Å². The van der Waals surface area contributed by atoms with Crippen molar-refractivity contribution < 1.29 is 14.7 Å². The predicted octanol–water partition coefficient (Wildman–Crippen LogP) is 1.64. The Morgan fingerprint density at radius 3 is 2.75 bits per heavy atom. The van der Waals surface area contributed by atoms with Gasteiger partial charge in [-0.25, -0.2) is 9.97 Å². The number of amides is 1. The molecule has 0 aliphatic carbocycles. The maximum atomic E-state index is 12.2. The van der Waals surface area contributed by atoms with E-state index in [-0.39, 0.29) is 22.5 Å². The molecule has 0 aromatic carbocycles. The molecule has 0 spiro atoms. The number of carbonyl (C=O) groups excluding carboxylic acids is 1. The number of nitrogens with zero attached hydrogens (tertiary/aromatic N) is 3. The smallest absolute Gasteiger partial charge is 0.306 e. The minimum absolute atomic E-state index is 0.0166. The van der Waals surface area contributed by atoms with E-state index in [1.165, 1.54) is 18.0 Å². The lowest BCUT2D eigenvalue weighted by Crippen LogP contribution is -2.53. The number of hydrogen-bond acceptors (Lipinski definition) is 5. The Bertz CT molecular complexity index is 549. The van der Waals surface area contributed by atoms with Crippen LogP contribution >= 0.6 is 23.4 Å². The van der Waals surface area contributed by atoms with Gasteiger partial charge in [0.05, 0.1) is 17.1 Å². The molecular weight excluding hydrogens is 302 g/mol. The van der Waals surface area contributed by atoms with Crippen LogP contribution < -0.4 is 0 Å². The van der Waals surface area contributed by atoms with Crippen LogP contribution in [-0.4, -0.2) is 51.2 Å². The summed E-state index contributed by atoms with van der Waals surface area (Å²) in [5, 5.41) is 9.61. The van der Waals surface area contributed by atoms with Gasteiger partial charge in [-0.15, -0.1) is 0 Å². The van der Waals surface area contributed by atoms with Crippen LogP contribution in [0, 0.1) is 11.8 Å². The van der Waals surface area contributed by atoms with Gasteiger partial charge in [0.25, 0.3) is 5.91 Å². The number of thioether (sulfide) groups is 1. The van der Waals surface area contributed by atoms with Crippen molar-refractivity contribution in [2.75, 3.05) is 19.3 Å². The van der Waals surface area contributed by atoms with E-state index in [9.17, 15) is 9.59 Å². The van der Waals surface area contributed by atoms with Gasteiger partial charge in [-0.2, -0.15) is 0 Å². The molecule has 1 aromatic rings. The van der Waals surface area contributed by atoms with Crippen molar-refractivity contribution >= 4 is 35.2 Å². The highest BCUT2D eigenvalue weighted by atomic mass is 35.5. The van der Waals surface area contributed by atoms with E-state index in [1.54, 1.807) is 11.8 Å². The average Bonchev–Trinajstić information content (AvgIpc) is 2.37. The standard InChI is InChI=1S/C12H14ClN3O3S/c1-6(11(18)19)7-4-16(5-7)10(17)9-8(13)3-14-12(15-9)20-2/h3,6-7H,4-5H2,1-2H3,(H,18,19). The van der Waals surface area contributed by atoms with E-state index in [4.69, 9.17) is 16.7 Å². The van der Waals surface area contributed by atoms with Crippen molar-refractivity contribution in [1.82, 2.24) is 14.9 Å². The second-order valence-corrected chi connectivity index (χ2v) is 5.83. The maximum Gasteiger partial charge on any atom is 0.306 e. The number of aliphatic carboxylic acids is 1. The van der Waals surface area contributed by atoms with Crippen LogP contribution in [-0.2, 0) is 4.79 Å². The van der Waals surface area contributed by atoms with E-state index >= 15 is 0 Å². The van der Waals surface area contributed by atoms with Crippen LogP contribution in [0.15, 0.2) is 11.4 Å². The first kappa shape index (κ1) is 15.1. The summed E-state index contributed by atoms with van der Waals surface area (Å²) < 4.78 is 0. The van der Waals surface area contributed by atoms with Crippen molar-refractivity contribution in [1.29, 1.82) is 0 Å². The van der Waals surface area contributed by atoms with Gasteiger partial charge in [0.2, 0.25) is 0 Å². The van der Waals surface area contributed by atoms with Crippen LogP contribution in [0.4, 0.5) is 0 Å². The zero-order valence-corrected chi connectivity index (χ0v) is 12.6. The fourth-order valence-electron chi connectivity index (χ4n) is 1.95. The molecule has 8 heteroatoms. The molecule has 1 amide bonds. The minimum atomic E-state index is -0.841. The highest BCUT2D eigenvalue weighted by molar-refractivity contribution is 7.98. The first-order chi connectivity index (χ1) is 9.43. The van der Waals surface area contributed by atoms with Crippen LogP contribution in [0.25, 0.3) is 0 Å². The third-order valence-electron chi connectivity index (χ3n) is 3.40. The number of carboxylic acids is 1. The number of hydrogen-bond donors (Lipinski definition) is 1. The summed E-state index contributed by atoms with van der Waals surface area (Å²) in [6.45, 7) is 2.49. The first-order valence-corrected chi connectivity index (χ1v) is 7.63. The molecule has 1 N–H and O–H groups in total. The van der Waals surface area contributed by atoms with Crippen molar-refractivity contribution in [3.63, 3.8) is 0 Å². The molecule has 108 valence electrons. The molecule has 1 aliphatic rings. The normalized spacial score (nSPS) is 16.6. The largest absolute Gasteiger partial charge is 0.481 e. The Kier molecular flexibility index (Phi) is 4.49. The second kappa shape index (κ2) is 5.97. The van der Waals surface area contributed by atoms with Crippen molar-refractivity contribution in [2.24, 2.45) is 11.8 Å². The molecular formula is C12H14ClN3O3S. The van der Waals surface area contributed by atoms with Gasteiger partial charge in [0.15, 0.2) is 10.9 Å². The summed E-state index contributed by atoms with van der Waals surface area (Å²) in [6, 6.07) is 0. The topological polar surface area (TPSA) is 83.4 Å². The fraction of sp³-hybridized carbons (Fsp3) is 0.500. The maximum absolute atomic E-state index is 12.2. The molecule has 1 unspecified atom stereocenters. The lowest BCUT2D eigenvalue weighted by molar-refractivity contribution is -0.144. The molecule has 1 atom stereocenters. The number of carboxylic acid groups (broad SMARTS) is 1. The first-order valence-electron chi connectivity index (χ1n) is 6.02. The molecule has 0 saturated carbocycles. The Hall–Kier alpha value is -1.34. The van der Waals surface area contributed by atoms with Crippen LogP contribution in [0.1, 0.15) is 17.4 Å². The summed E-state index contributed by atoms with van der Waals surface area (Å²) in [5.41, 5.74) is 0.174. The Labute approximate surface area is 125 Å². The molecule has 1 fully saturated rings. The minimum Gasteiger partial charge on any atom is -0.481 e. The summed E-state index contributed by atoms with van der Waals surface area (Å²) >= 11 is 7.27. The summed E-state index contributed by atoms with van der Waals surface area (Å²) in [6.07, 6.45) is 3.22. The summed E-state index contributed by atoms with van der Waals surface area (Å²) in [5.74, 6) is -1.59. The van der Waals surface area contributed by atoms with Crippen molar-refractivity contribution in [3.05, 3.63) is 16.9 Å². The molecule has 1 saturated heterocycles. The molecule has 0 bridgehead atoms.